The molecule has 0 saturated heterocycles. The minimum absolute atomic E-state index is 0.0940. The molecule has 0 aliphatic carbocycles. The molecule has 78 heavy (non-hydrogen) atoms. The van der Waals surface area contributed by atoms with Crippen LogP contribution in [0.5, 0.6) is 0 Å². The van der Waals surface area contributed by atoms with Crippen molar-refractivity contribution in [3.63, 3.8) is 0 Å². The second-order valence-electron chi connectivity index (χ2n) is 20.9. The predicted molar refractivity (Wildman–Crippen MR) is 339 cm³/mol. The van der Waals surface area contributed by atoms with Crippen molar-refractivity contribution in [3.05, 3.63) is 134 Å². The van der Waals surface area contributed by atoms with Crippen LogP contribution >= 0.6 is 0 Å². The van der Waals surface area contributed by atoms with E-state index >= 15 is 0 Å². The van der Waals surface area contributed by atoms with Crippen LogP contribution in [0.2, 0.25) is 0 Å². The molecule has 0 aliphatic rings. The van der Waals surface area contributed by atoms with Crippen molar-refractivity contribution in [2.75, 3.05) is 13.2 Å². The van der Waals surface area contributed by atoms with Crippen LogP contribution in [0, 0.1) is 0 Å². The van der Waals surface area contributed by atoms with Crippen LogP contribution in [-0.2, 0) is 28.6 Å². The van der Waals surface area contributed by atoms with Crippen molar-refractivity contribution in [2.45, 2.75) is 290 Å². The Bertz CT molecular complexity index is 1670. The fraction of sp³-hybridized carbons (Fsp3) is 0.653. The average Bonchev–Trinajstić information content (AvgIpc) is 3.44. The second-order valence-corrected chi connectivity index (χ2v) is 20.9. The highest BCUT2D eigenvalue weighted by molar-refractivity contribution is 5.71. The zero-order chi connectivity index (χ0) is 56.4. The van der Waals surface area contributed by atoms with Gasteiger partial charge in [0.15, 0.2) is 6.10 Å². The molecule has 1 atom stereocenters. The number of rotatable bonds is 57. The third kappa shape index (κ3) is 62.4. The van der Waals surface area contributed by atoms with Crippen LogP contribution in [0.3, 0.4) is 0 Å². The summed E-state index contributed by atoms with van der Waals surface area (Å²) in [5, 5.41) is 0. The van der Waals surface area contributed by atoms with Crippen molar-refractivity contribution in [1.29, 1.82) is 0 Å². The first-order valence-electron chi connectivity index (χ1n) is 32.2. The van der Waals surface area contributed by atoms with Crippen LogP contribution in [0.15, 0.2) is 134 Å². The molecule has 0 aromatic rings. The summed E-state index contributed by atoms with van der Waals surface area (Å²) in [6.07, 6.45) is 91.7. The lowest BCUT2D eigenvalue weighted by atomic mass is 10.1. The molecule has 0 aromatic carbocycles. The van der Waals surface area contributed by atoms with Crippen LogP contribution in [0.4, 0.5) is 0 Å². The molecule has 6 nitrogen and oxygen atoms in total. The summed E-state index contributed by atoms with van der Waals surface area (Å²) in [5.74, 6) is -0.930. The van der Waals surface area contributed by atoms with Gasteiger partial charge in [-0.1, -0.05) is 257 Å². The Labute approximate surface area is 481 Å². The van der Waals surface area contributed by atoms with E-state index in [-0.39, 0.29) is 31.1 Å². The van der Waals surface area contributed by atoms with Crippen LogP contribution in [0.25, 0.3) is 0 Å². The van der Waals surface area contributed by atoms with Gasteiger partial charge in [0.25, 0.3) is 0 Å². The fourth-order valence-electron chi connectivity index (χ4n) is 8.54. The number of hydrogen-bond acceptors (Lipinski definition) is 6. The third-order valence-corrected chi connectivity index (χ3v) is 13.4. The Balaban J connectivity index is 4.32. The Morgan fingerprint density at radius 3 is 0.808 bits per heavy atom. The first-order valence-corrected chi connectivity index (χ1v) is 32.2. The van der Waals surface area contributed by atoms with E-state index in [4.69, 9.17) is 14.2 Å². The fourth-order valence-corrected chi connectivity index (χ4v) is 8.54. The van der Waals surface area contributed by atoms with Gasteiger partial charge in [-0.05, 0) is 141 Å². The molecular formula is C72H118O6. The van der Waals surface area contributed by atoms with E-state index in [2.05, 4.69) is 154 Å². The number of carbonyl (C=O) groups is 3. The number of hydrogen-bond donors (Lipinski definition) is 0. The van der Waals surface area contributed by atoms with Gasteiger partial charge in [0.2, 0.25) is 0 Å². The highest BCUT2D eigenvalue weighted by Gasteiger charge is 2.19. The first kappa shape index (κ1) is 73.5. The number of ether oxygens (including phenoxy) is 3. The van der Waals surface area contributed by atoms with Gasteiger partial charge in [-0.3, -0.25) is 14.4 Å². The normalized spacial score (nSPS) is 13.0. The molecule has 0 N–H and O–H groups in total. The van der Waals surface area contributed by atoms with E-state index in [1.807, 2.05) is 0 Å². The van der Waals surface area contributed by atoms with Gasteiger partial charge in [0, 0.05) is 19.3 Å². The van der Waals surface area contributed by atoms with Crippen molar-refractivity contribution < 1.29 is 28.6 Å². The average molecular weight is 1080 g/mol. The van der Waals surface area contributed by atoms with Gasteiger partial charge in [-0.15, -0.1) is 0 Å². The number of esters is 3. The molecule has 0 amide bonds. The van der Waals surface area contributed by atoms with Gasteiger partial charge in [-0.25, -0.2) is 0 Å². The van der Waals surface area contributed by atoms with Gasteiger partial charge in [-0.2, -0.15) is 0 Å². The van der Waals surface area contributed by atoms with Gasteiger partial charge < -0.3 is 14.2 Å². The maximum atomic E-state index is 12.9. The van der Waals surface area contributed by atoms with Crippen molar-refractivity contribution in [2.24, 2.45) is 0 Å². The molecule has 0 radical (unpaired) electrons. The molecule has 6 heteroatoms. The van der Waals surface area contributed by atoms with Crippen LogP contribution in [0.1, 0.15) is 284 Å². The first-order chi connectivity index (χ1) is 38.5. The zero-order valence-electron chi connectivity index (χ0n) is 50.6. The topological polar surface area (TPSA) is 78.9 Å². The lowest BCUT2D eigenvalue weighted by Gasteiger charge is -2.18. The molecule has 0 aromatic heterocycles. The molecule has 0 saturated carbocycles. The molecular weight excluding hydrogens is 961 g/mol. The Hall–Kier alpha value is -4.45. The van der Waals surface area contributed by atoms with Crippen LogP contribution in [-0.4, -0.2) is 37.2 Å². The van der Waals surface area contributed by atoms with E-state index in [1.165, 1.54) is 89.9 Å². The summed E-state index contributed by atoms with van der Waals surface area (Å²) >= 11 is 0. The summed E-state index contributed by atoms with van der Waals surface area (Å²) in [4.78, 5) is 38.2. The molecule has 1 unspecified atom stereocenters. The summed E-state index contributed by atoms with van der Waals surface area (Å²) in [6, 6.07) is 0. The Morgan fingerprint density at radius 2 is 0.500 bits per heavy atom. The number of allylic oxidation sites excluding steroid dienone is 22. The SMILES string of the molecule is CC/C=C\C/C=C\C/C=C\C/C=C\C/C=C\C/C=C\C/C=C\C/C=C\C/C=C\CCCCCCCC(=O)OCC(COC(=O)CCCCCCC/C=C\CCCCCC)OC(=O)CCCCCCC/C=C\CCCCCCC. The van der Waals surface area contributed by atoms with Gasteiger partial charge >= 0.3 is 17.9 Å². The van der Waals surface area contributed by atoms with Crippen molar-refractivity contribution in [1.82, 2.24) is 0 Å². The van der Waals surface area contributed by atoms with E-state index < -0.39 is 6.10 Å². The summed E-state index contributed by atoms with van der Waals surface area (Å²) < 4.78 is 16.9. The Morgan fingerprint density at radius 1 is 0.269 bits per heavy atom. The third-order valence-electron chi connectivity index (χ3n) is 13.4. The molecule has 0 bridgehead atoms. The summed E-state index contributed by atoms with van der Waals surface area (Å²) in [5.41, 5.74) is 0. The van der Waals surface area contributed by atoms with Crippen molar-refractivity contribution in [3.8, 4) is 0 Å². The molecule has 0 spiro atoms. The maximum absolute atomic E-state index is 12.9. The smallest absolute Gasteiger partial charge is 0.306 e. The number of carbonyl (C=O) groups excluding carboxylic acids is 3. The number of unbranched alkanes of at least 4 members (excludes halogenated alkanes) is 24. The molecule has 0 aliphatic heterocycles. The van der Waals surface area contributed by atoms with E-state index in [0.29, 0.717) is 19.3 Å². The summed E-state index contributed by atoms with van der Waals surface area (Å²) in [7, 11) is 0. The minimum Gasteiger partial charge on any atom is -0.462 e. The minimum atomic E-state index is -0.798. The van der Waals surface area contributed by atoms with E-state index in [0.717, 1.165) is 154 Å². The maximum Gasteiger partial charge on any atom is 0.306 e. The lowest BCUT2D eigenvalue weighted by molar-refractivity contribution is -0.167. The molecule has 442 valence electrons. The van der Waals surface area contributed by atoms with Crippen LogP contribution < -0.4 is 0 Å². The predicted octanol–water partition coefficient (Wildman–Crippen LogP) is 22.2. The van der Waals surface area contributed by atoms with Gasteiger partial charge in [0.1, 0.15) is 13.2 Å². The van der Waals surface area contributed by atoms with Gasteiger partial charge in [0.05, 0.1) is 0 Å². The van der Waals surface area contributed by atoms with E-state index in [1.54, 1.807) is 0 Å². The second kappa shape index (κ2) is 65.1. The standard InChI is InChI=1S/C72H118O6/c1-4-7-10-13-16-19-22-25-27-28-29-30-31-32-33-34-35-36-37-38-39-40-41-42-43-44-45-48-50-53-56-59-62-65-71(74)77-68-69(67-76-70(73)64-61-58-55-52-49-46-24-21-18-15-12-9-6-3)78-72(75)66-63-60-57-54-51-47-26-23-20-17-14-11-8-5-2/h7,10,16,19,21,23-27,29-30,32-33,35-36,38-39,41-42,44-45,69H,4-6,8-9,11-15,17-18,20,22,28,31,34,37,40,43,46-68H2,1-3H3/b10-7-,19-16-,24-21-,26-23-,27-25-,30-29-,33-32-,36-35-,39-38-,42-41-,45-44-. The zero-order valence-corrected chi connectivity index (χ0v) is 50.6. The highest BCUT2D eigenvalue weighted by Crippen LogP contribution is 2.14. The molecule has 0 heterocycles. The Kier molecular flexibility index (Phi) is 61.4. The molecule has 0 rings (SSSR count). The monoisotopic (exact) mass is 1080 g/mol. The quantitative estimate of drug-likeness (QED) is 0.0261. The highest BCUT2D eigenvalue weighted by atomic mass is 16.6. The van der Waals surface area contributed by atoms with E-state index in [9.17, 15) is 14.4 Å². The van der Waals surface area contributed by atoms with Crippen molar-refractivity contribution >= 4 is 17.9 Å². The molecule has 0 fully saturated rings. The summed E-state index contributed by atoms with van der Waals surface area (Å²) in [6.45, 7) is 6.47. The largest absolute Gasteiger partial charge is 0.462 e. The lowest BCUT2D eigenvalue weighted by Crippen LogP contribution is -2.30.